The van der Waals surface area contributed by atoms with Gasteiger partial charge in [-0.15, -0.1) is 0 Å². The zero-order chi connectivity index (χ0) is 10.4. The lowest BCUT2D eigenvalue weighted by atomic mass is 10.2. The fraction of sp³-hybridized carbons (Fsp3) is 0.778. The molecule has 0 radical (unpaired) electrons. The number of hydrogen-bond acceptors (Lipinski definition) is 4. The topological polar surface area (TPSA) is 47.9 Å². The van der Waals surface area contributed by atoms with Crippen LogP contribution in [0.1, 0.15) is 13.3 Å². The molecule has 1 rings (SSSR count). The number of aliphatic hydroxyl groups is 1. The number of hydrogen-bond donors (Lipinski definition) is 1. The van der Waals surface area contributed by atoms with Gasteiger partial charge in [0, 0.05) is 32.3 Å². The van der Waals surface area contributed by atoms with E-state index in [0.29, 0.717) is 32.2 Å². The molecule has 5 heteroatoms. The summed E-state index contributed by atoms with van der Waals surface area (Å²) < 4.78 is 16.7. The van der Waals surface area contributed by atoms with Crippen molar-refractivity contribution in [2.24, 2.45) is 5.92 Å². The van der Waals surface area contributed by atoms with Gasteiger partial charge >= 0.3 is 8.80 Å². The Morgan fingerprint density at radius 2 is 2.21 bits per heavy atom. The van der Waals surface area contributed by atoms with Gasteiger partial charge in [0.15, 0.2) is 0 Å². The van der Waals surface area contributed by atoms with Crippen LogP contribution in [0, 0.1) is 5.92 Å². The lowest BCUT2D eigenvalue weighted by molar-refractivity contribution is 0.00335. The molecule has 4 nitrogen and oxygen atoms in total. The van der Waals surface area contributed by atoms with Crippen LogP contribution in [0.15, 0.2) is 12.3 Å². The molecular formula is C9H18O4Si. The molecule has 14 heavy (non-hydrogen) atoms. The van der Waals surface area contributed by atoms with Crippen LogP contribution in [0.2, 0.25) is 0 Å². The van der Waals surface area contributed by atoms with E-state index in [9.17, 15) is 0 Å². The Hall–Kier alpha value is -0.203. The van der Waals surface area contributed by atoms with E-state index < -0.39 is 8.80 Å². The Labute approximate surface area is 85.8 Å². The average molecular weight is 218 g/mol. The predicted molar refractivity (Wildman–Crippen MR) is 54.7 cm³/mol. The fourth-order valence-electron chi connectivity index (χ4n) is 1.15. The molecule has 1 fully saturated rings. The molecular weight excluding hydrogens is 200 g/mol. The minimum absolute atomic E-state index is 0.123. The molecule has 0 spiro atoms. The van der Waals surface area contributed by atoms with Crippen molar-refractivity contribution < 1.29 is 18.4 Å². The molecule has 0 bridgehead atoms. The van der Waals surface area contributed by atoms with Crippen LogP contribution in [0.25, 0.3) is 0 Å². The predicted octanol–water partition coefficient (Wildman–Crippen LogP) is 0.732. The summed E-state index contributed by atoms with van der Waals surface area (Å²) >= 11 is 0. The highest BCUT2D eigenvalue weighted by Crippen LogP contribution is 2.19. The molecule has 0 unspecified atom stereocenters. The van der Waals surface area contributed by atoms with E-state index in [1.807, 2.05) is 0 Å². The van der Waals surface area contributed by atoms with Gasteiger partial charge in [-0.3, -0.25) is 0 Å². The van der Waals surface area contributed by atoms with Crippen molar-refractivity contribution >= 4 is 8.80 Å². The van der Waals surface area contributed by atoms with E-state index in [4.69, 9.17) is 18.4 Å². The normalized spacial score (nSPS) is 32.9. The van der Waals surface area contributed by atoms with Gasteiger partial charge in [0.05, 0.1) is 0 Å². The summed E-state index contributed by atoms with van der Waals surface area (Å²) in [6.07, 6.45) is 0.602. The zero-order valence-electron chi connectivity index (χ0n) is 8.57. The first-order valence-corrected chi connectivity index (χ1v) is 6.69. The Balaban J connectivity index is 2.37. The summed E-state index contributed by atoms with van der Waals surface area (Å²) in [6.45, 7) is 7.66. The monoisotopic (exact) mass is 218 g/mol. The van der Waals surface area contributed by atoms with Gasteiger partial charge in [0.1, 0.15) is 0 Å². The third-order valence-electron chi connectivity index (χ3n) is 1.99. The van der Waals surface area contributed by atoms with Crippen molar-refractivity contribution in [2.75, 3.05) is 26.4 Å². The van der Waals surface area contributed by atoms with Crippen LogP contribution in [-0.2, 0) is 13.3 Å². The fourth-order valence-corrected chi connectivity index (χ4v) is 3.21. The maximum atomic E-state index is 8.62. The second-order valence-corrected chi connectivity index (χ2v) is 5.94. The molecule has 0 aromatic rings. The van der Waals surface area contributed by atoms with Crippen LogP contribution < -0.4 is 0 Å². The van der Waals surface area contributed by atoms with Gasteiger partial charge < -0.3 is 18.4 Å². The number of aliphatic hydroxyl groups excluding tert-OH is 1. The maximum absolute atomic E-state index is 8.62. The standard InChI is InChI=1S/C9H18O4Si/c1-3-14(11-6-4-5-10)12-7-9(2)8-13-14/h3,9-10H,1,4-8H2,2H3. The van der Waals surface area contributed by atoms with Crippen LogP contribution in [0.5, 0.6) is 0 Å². The average Bonchev–Trinajstić information content (AvgIpc) is 2.22. The van der Waals surface area contributed by atoms with Gasteiger partial charge in [0.25, 0.3) is 0 Å². The SMILES string of the molecule is C=C[Si]1(OCCCO)OCC(C)CO1. The Morgan fingerprint density at radius 3 is 2.71 bits per heavy atom. The summed E-state index contributed by atoms with van der Waals surface area (Å²) in [5.41, 5.74) is 1.65. The van der Waals surface area contributed by atoms with Crippen LogP contribution >= 0.6 is 0 Å². The van der Waals surface area contributed by atoms with E-state index in [0.717, 1.165) is 0 Å². The Kier molecular flexibility index (Phi) is 4.77. The van der Waals surface area contributed by atoms with Crippen molar-refractivity contribution in [3.63, 3.8) is 0 Å². The van der Waals surface area contributed by atoms with Crippen molar-refractivity contribution in [3.8, 4) is 0 Å². The van der Waals surface area contributed by atoms with Gasteiger partial charge in [0.2, 0.25) is 0 Å². The maximum Gasteiger partial charge on any atom is 0.529 e. The minimum Gasteiger partial charge on any atom is -0.396 e. The third kappa shape index (κ3) is 3.18. The highest BCUT2D eigenvalue weighted by atomic mass is 28.4. The van der Waals surface area contributed by atoms with E-state index in [-0.39, 0.29) is 6.61 Å². The molecule has 0 atom stereocenters. The molecule has 0 aliphatic carbocycles. The van der Waals surface area contributed by atoms with Gasteiger partial charge in [-0.1, -0.05) is 13.5 Å². The molecule has 0 aromatic carbocycles. The summed E-state index contributed by atoms with van der Waals surface area (Å²) in [6, 6.07) is 0. The highest BCUT2D eigenvalue weighted by molar-refractivity contribution is 6.66. The highest BCUT2D eigenvalue weighted by Gasteiger charge is 2.41. The first kappa shape index (κ1) is 11.9. The summed E-state index contributed by atoms with van der Waals surface area (Å²) in [4.78, 5) is 0. The molecule has 82 valence electrons. The molecule has 0 amide bonds. The summed E-state index contributed by atoms with van der Waals surface area (Å²) in [5, 5.41) is 8.62. The second kappa shape index (κ2) is 5.62. The summed E-state index contributed by atoms with van der Waals surface area (Å²) in [7, 11) is -2.58. The van der Waals surface area contributed by atoms with Crippen LogP contribution in [0.3, 0.4) is 0 Å². The Morgan fingerprint density at radius 1 is 1.57 bits per heavy atom. The van der Waals surface area contributed by atoms with Gasteiger partial charge in [-0.2, -0.15) is 0 Å². The van der Waals surface area contributed by atoms with Crippen molar-refractivity contribution in [3.05, 3.63) is 12.3 Å². The van der Waals surface area contributed by atoms with Crippen molar-refractivity contribution in [2.45, 2.75) is 13.3 Å². The van der Waals surface area contributed by atoms with E-state index in [1.165, 1.54) is 0 Å². The van der Waals surface area contributed by atoms with Crippen LogP contribution in [0.4, 0.5) is 0 Å². The first-order chi connectivity index (χ1) is 6.72. The zero-order valence-corrected chi connectivity index (χ0v) is 9.57. The smallest absolute Gasteiger partial charge is 0.396 e. The minimum atomic E-state index is -2.58. The molecule has 1 aliphatic rings. The molecule has 1 heterocycles. The summed E-state index contributed by atoms with van der Waals surface area (Å²) in [5.74, 6) is 0.414. The quantitative estimate of drug-likeness (QED) is 0.546. The van der Waals surface area contributed by atoms with Crippen LogP contribution in [-0.4, -0.2) is 40.3 Å². The van der Waals surface area contributed by atoms with E-state index in [1.54, 1.807) is 5.70 Å². The second-order valence-electron chi connectivity index (χ2n) is 3.46. The van der Waals surface area contributed by atoms with Crippen molar-refractivity contribution in [1.29, 1.82) is 0 Å². The molecule has 0 saturated carbocycles. The van der Waals surface area contributed by atoms with Gasteiger partial charge in [-0.05, 0) is 12.1 Å². The lowest BCUT2D eigenvalue weighted by Crippen LogP contribution is -2.50. The molecule has 1 saturated heterocycles. The molecule has 0 aromatic heterocycles. The lowest BCUT2D eigenvalue weighted by Gasteiger charge is -2.33. The van der Waals surface area contributed by atoms with E-state index >= 15 is 0 Å². The molecule has 1 N–H and O–H groups in total. The first-order valence-electron chi connectivity index (χ1n) is 4.89. The van der Waals surface area contributed by atoms with E-state index in [2.05, 4.69) is 13.5 Å². The van der Waals surface area contributed by atoms with Gasteiger partial charge in [-0.25, -0.2) is 0 Å². The number of rotatable bonds is 5. The Bertz CT molecular complexity index is 178. The molecule has 1 aliphatic heterocycles. The third-order valence-corrected chi connectivity index (χ3v) is 4.24. The largest absolute Gasteiger partial charge is 0.529 e. The van der Waals surface area contributed by atoms with Crippen molar-refractivity contribution in [1.82, 2.24) is 0 Å².